The standard InChI is InChI=1S/C17H9ClF3N3S/c18-11-5-3-10(4-6-11)12-9-22-24-15(17(19,20)21)8-13(23-16(12)24)14-2-1-7-25-14/h1-9H. The highest BCUT2D eigenvalue weighted by Crippen LogP contribution is 2.35. The Bertz CT molecular complexity index is 1040. The second-order valence-corrected chi connectivity index (χ2v) is 6.69. The fraction of sp³-hybridized carbons (Fsp3) is 0.0588. The Morgan fingerprint density at radius 3 is 2.48 bits per heavy atom. The summed E-state index contributed by atoms with van der Waals surface area (Å²) in [6.07, 6.45) is -3.16. The molecule has 4 rings (SSSR count). The minimum atomic E-state index is -4.55. The molecule has 1 aromatic carbocycles. The SMILES string of the molecule is FC(F)(F)c1cc(-c2cccs2)nc2c(-c3ccc(Cl)cc3)cnn12. The Morgan fingerprint density at radius 1 is 1.08 bits per heavy atom. The predicted molar refractivity (Wildman–Crippen MR) is 91.7 cm³/mol. The Balaban J connectivity index is 2.01. The molecule has 25 heavy (non-hydrogen) atoms. The minimum absolute atomic E-state index is 0.153. The van der Waals surface area contributed by atoms with E-state index >= 15 is 0 Å². The van der Waals surface area contributed by atoms with Gasteiger partial charge in [0, 0.05) is 10.6 Å². The van der Waals surface area contributed by atoms with Crippen molar-refractivity contribution in [3.05, 3.63) is 64.8 Å². The van der Waals surface area contributed by atoms with Crippen molar-refractivity contribution in [3.8, 4) is 21.7 Å². The normalized spacial score (nSPS) is 12.0. The van der Waals surface area contributed by atoms with Gasteiger partial charge in [0.25, 0.3) is 0 Å². The molecule has 0 unspecified atom stereocenters. The second-order valence-electron chi connectivity index (χ2n) is 5.30. The van der Waals surface area contributed by atoms with Crippen LogP contribution in [0.15, 0.2) is 54.0 Å². The maximum absolute atomic E-state index is 13.5. The van der Waals surface area contributed by atoms with Gasteiger partial charge >= 0.3 is 6.18 Å². The molecule has 0 saturated heterocycles. The second kappa shape index (κ2) is 5.86. The van der Waals surface area contributed by atoms with E-state index in [9.17, 15) is 13.2 Å². The highest BCUT2D eigenvalue weighted by molar-refractivity contribution is 7.13. The molecule has 8 heteroatoms. The summed E-state index contributed by atoms with van der Waals surface area (Å²) in [4.78, 5) is 5.09. The molecule has 0 aliphatic rings. The van der Waals surface area contributed by atoms with Crippen molar-refractivity contribution in [1.82, 2.24) is 14.6 Å². The van der Waals surface area contributed by atoms with E-state index in [1.54, 1.807) is 41.8 Å². The van der Waals surface area contributed by atoms with Crippen molar-refractivity contribution in [1.29, 1.82) is 0 Å². The number of benzene rings is 1. The van der Waals surface area contributed by atoms with Gasteiger partial charge in [0.2, 0.25) is 0 Å². The number of alkyl halides is 3. The first-order valence-corrected chi connectivity index (χ1v) is 8.45. The third-order valence-corrected chi connectivity index (χ3v) is 4.84. The highest BCUT2D eigenvalue weighted by atomic mass is 35.5. The average Bonchev–Trinajstić information content (AvgIpc) is 3.23. The predicted octanol–water partition coefficient (Wildman–Crippen LogP) is 5.80. The van der Waals surface area contributed by atoms with Crippen molar-refractivity contribution in [2.75, 3.05) is 0 Å². The third kappa shape index (κ3) is 2.89. The van der Waals surface area contributed by atoms with Gasteiger partial charge in [0.05, 0.1) is 16.8 Å². The lowest BCUT2D eigenvalue weighted by Gasteiger charge is -2.11. The van der Waals surface area contributed by atoms with Crippen molar-refractivity contribution >= 4 is 28.6 Å². The van der Waals surface area contributed by atoms with Crippen molar-refractivity contribution in [2.45, 2.75) is 6.18 Å². The largest absolute Gasteiger partial charge is 0.433 e. The number of aromatic nitrogens is 3. The van der Waals surface area contributed by atoms with Crippen molar-refractivity contribution in [2.24, 2.45) is 0 Å². The molecule has 0 spiro atoms. The monoisotopic (exact) mass is 379 g/mol. The van der Waals surface area contributed by atoms with Crippen LogP contribution in [0.4, 0.5) is 13.2 Å². The van der Waals surface area contributed by atoms with Gasteiger partial charge in [0.1, 0.15) is 0 Å². The lowest BCUT2D eigenvalue weighted by atomic mass is 10.1. The van der Waals surface area contributed by atoms with Crippen LogP contribution in [-0.4, -0.2) is 14.6 Å². The molecule has 3 aromatic heterocycles. The summed E-state index contributed by atoms with van der Waals surface area (Å²) < 4.78 is 41.3. The Kier molecular flexibility index (Phi) is 3.77. The number of thiophene rings is 1. The van der Waals surface area contributed by atoms with E-state index < -0.39 is 11.9 Å². The minimum Gasteiger partial charge on any atom is -0.227 e. The molecule has 0 aliphatic carbocycles. The topological polar surface area (TPSA) is 30.2 Å². The Labute approximate surface area is 149 Å². The van der Waals surface area contributed by atoms with Crippen LogP contribution in [0.3, 0.4) is 0 Å². The van der Waals surface area contributed by atoms with Crippen LogP contribution in [0.25, 0.3) is 27.3 Å². The van der Waals surface area contributed by atoms with Crippen molar-refractivity contribution < 1.29 is 13.2 Å². The maximum atomic E-state index is 13.5. The van der Waals surface area contributed by atoms with E-state index in [2.05, 4.69) is 10.1 Å². The Hall–Kier alpha value is -2.38. The van der Waals surface area contributed by atoms with E-state index in [1.807, 2.05) is 0 Å². The van der Waals surface area contributed by atoms with Gasteiger partial charge in [-0.15, -0.1) is 11.3 Å². The van der Waals surface area contributed by atoms with Gasteiger partial charge in [-0.3, -0.25) is 0 Å². The fourth-order valence-electron chi connectivity index (χ4n) is 2.55. The van der Waals surface area contributed by atoms with Gasteiger partial charge in [0.15, 0.2) is 11.3 Å². The molecule has 0 amide bonds. The number of nitrogens with zero attached hydrogens (tertiary/aromatic N) is 3. The van der Waals surface area contributed by atoms with E-state index in [1.165, 1.54) is 17.5 Å². The molecule has 0 saturated carbocycles. The first-order chi connectivity index (χ1) is 11.9. The average molecular weight is 380 g/mol. The number of hydrogen-bond donors (Lipinski definition) is 0. The highest BCUT2D eigenvalue weighted by Gasteiger charge is 2.35. The van der Waals surface area contributed by atoms with Gasteiger partial charge in [-0.1, -0.05) is 29.8 Å². The van der Waals surface area contributed by atoms with Gasteiger partial charge in [-0.25, -0.2) is 9.50 Å². The first-order valence-electron chi connectivity index (χ1n) is 7.19. The lowest BCUT2D eigenvalue weighted by Crippen LogP contribution is -2.13. The zero-order chi connectivity index (χ0) is 17.6. The van der Waals surface area contributed by atoms with E-state index in [0.717, 1.165) is 10.6 Å². The summed E-state index contributed by atoms with van der Waals surface area (Å²) in [5.74, 6) is 0. The smallest absolute Gasteiger partial charge is 0.227 e. The molecule has 126 valence electrons. The summed E-state index contributed by atoms with van der Waals surface area (Å²) in [7, 11) is 0. The molecule has 0 bridgehead atoms. The molecule has 3 nitrogen and oxygen atoms in total. The molecule has 0 atom stereocenters. The van der Waals surface area contributed by atoms with Gasteiger partial charge in [-0.05, 0) is 35.2 Å². The number of hydrogen-bond acceptors (Lipinski definition) is 3. The van der Waals surface area contributed by atoms with Crippen LogP contribution in [0.2, 0.25) is 5.02 Å². The van der Waals surface area contributed by atoms with Crippen LogP contribution >= 0.6 is 22.9 Å². The molecule has 0 radical (unpaired) electrons. The lowest BCUT2D eigenvalue weighted by molar-refractivity contribution is -0.142. The van der Waals surface area contributed by atoms with Crippen LogP contribution < -0.4 is 0 Å². The Morgan fingerprint density at radius 2 is 1.84 bits per heavy atom. The summed E-state index contributed by atoms with van der Waals surface area (Å²) in [6, 6.07) is 11.3. The summed E-state index contributed by atoms with van der Waals surface area (Å²) >= 11 is 7.22. The summed E-state index contributed by atoms with van der Waals surface area (Å²) in [5, 5.41) is 6.25. The summed E-state index contributed by atoms with van der Waals surface area (Å²) in [6.45, 7) is 0. The third-order valence-electron chi connectivity index (χ3n) is 3.69. The summed E-state index contributed by atoms with van der Waals surface area (Å²) in [5.41, 5.74) is 0.774. The van der Waals surface area contributed by atoms with Gasteiger partial charge in [-0.2, -0.15) is 18.3 Å². The molecule has 3 heterocycles. The van der Waals surface area contributed by atoms with Crippen LogP contribution in [-0.2, 0) is 6.18 Å². The first kappa shape index (κ1) is 16.1. The zero-order valence-corrected chi connectivity index (χ0v) is 14.0. The van der Waals surface area contributed by atoms with Gasteiger partial charge < -0.3 is 0 Å². The molecule has 0 aliphatic heterocycles. The van der Waals surface area contributed by atoms with Crippen LogP contribution in [0.1, 0.15) is 5.69 Å². The van der Waals surface area contributed by atoms with E-state index in [-0.39, 0.29) is 11.3 Å². The number of fused-ring (bicyclic) bond motifs is 1. The quantitative estimate of drug-likeness (QED) is 0.441. The van der Waals surface area contributed by atoms with E-state index in [4.69, 9.17) is 11.6 Å². The molecular formula is C17H9ClF3N3S. The maximum Gasteiger partial charge on any atom is 0.433 e. The molecular weight excluding hydrogens is 371 g/mol. The molecule has 4 aromatic rings. The van der Waals surface area contributed by atoms with Crippen LogP contribution in [0.5, 0.6) is 0 Å². The zero-order valence-electron chi connectivity index (χ0n) is 12.5. The van der Waals surface area contributed by atoms with Crippen molar-refractivity contribution in [3.63, 3.8) is 0 Å². The van der Waals surface area contributed by atoms with Crippen LogP contribution in [0, 0.1) is 0 Å². The fourth-order valence-corrected chi connectivity index (χ4v) is 3.36. The van der Waals surface area contributed by atoms with E-state index in [0.29, 0.717) is 21.0 Å². The molecule has 0 N–H and O–H groups in total. The number of halogens is 4. The molecule has 0 fully saturated rings. The number of rotatable bonds is 2.